The van der Waals surface area contributed by atoms with Crippen LogP contribution in [0.5, 0.6) is 0 Å². The van der Waals surface area contributed by atoms with Crippen molar-refractivity contribution in [2.24, 2.45) is 5.92 Å². The predicted molar refractivity (Wildman–Crippen MR) is 42.7 cm³/mol. The first kappa shape index (κ1) is 7.55. The van der Waals surface area contributed by atoms with E-state index in [1.165, 1.54) is 5.57 Å². The zero-order valence-electron chi connectivity index (χ0n) is 6.54. The van der Waals surface area contributed by atoms with Gasteiger partial charge in [-0.2, -0.15) is 0 Å². The van der Waals surface area contributed by atoms with Crippen LogP contribution in [-0.2, 0) is 0 Å². The first-order valence-corrected chi connectivity index (χ1v) is 3.73. The summed E-state index contributed by atoms with van der Waals surface area (Å²) in [5.41, 5.74) is 1.26. The van der Waals surface area contributed by atoms with Gasteiger partial charge in [0.25, 0.3) is 0 Å². The maximum absolute atomic E-state index is 9.22. The molecule has 0 aromatic carbocycles. The first-order valence-electron chi connectivity index (χ1n) is 3.73. The molecule has 1 nitrogen and oxygen atoms in total. The van der Waals surface area contributed by atoms with Crippen molar-refractivity contribution < 1.29 is 5.11 Å². The van der Waals surface area contributed by atoms with Crippen molar-refractivity contribution in [1.29, 1.82) is 0 Å². The number of hydrogen-bond acceptors (Lipinski definition) is 1. The van der Waals surface area contributed by atoms with Gasteiger partial charge in [0, 0.05) is 5.92 Å². The number of aliphatic hydroxyl groups excluding tert-OH is 1. The van der Waals surface area contributed by atoms with Crippen molar-refractivity contribution in [2.75, 3.05) is 0 Å². The van der Waals surface area contributed by atoms with Crippen molar-refractivity contribution in [3.63, 3.8) is 0 Å². The monoisotopic (exact) mass is 138 g/mol. The van der Waals surface area contributed by atoms with Crippen LogP contribution >= 0.6 is 0 Å². The van der Waals surface area contributed by atoms with E-state index in [2.05, 4.69) is 25.2 Å². The Balaban J connectivity index is 2.60. The summed E-state index contributed by atoms with van der Waals surface area (Å²) in [5.74, 6) is 0.338. The summed E-state index contributed by atoms with van der Waals surface area (Å²) in [6, 6.07) is 0. The van der Waals surface area contributed by atoms with Crippen LogP contribution in [-0.4, -0.2) is 11.2 Å². The van der Waals surface area contributed by atoms with E-state index >= 15 is 0 Å². The molecule has 1 N–H and O–H groups in total. The lowest BCUT2D eigenvalue weighted by Crippen LogP contribution is -2.15. The predicted octanol–water partition coefficient (Wildman–Crippen LogP) is 1.89. The second-order valence-corrected chi connectivity index (χ2v) is 2.95. The van der Waals surface area contributed by atoms with Crippen LogP contribution < -0.4 is 0 Å². The molecule has 1 heteroatoms. The van der Waals surface area contributed by atoms with Crippen LogP contribution in [0.3, 0.4) is 0 Å². The second kappa shape index (κ2) is 3.02. The Morgan fingerprint density at radius 2 is 2.40 bits per heavy atom. The van der Waals surface area contributed by atoms with E-state index in [0.29, 0.717) is 5.92 Å². The van der Waals surface area contributed by atoms with Crippen LogP contribution in [0.4, 0.5) is 0 Å². The molecule has 2 atom stereocenters. The number of rotatable bonds is 1. The van der Waals surface area contributed by atoms with Gasteiger partial charge in [-0.15, -0.1) is 0 Å². The summed E-state index contributed by atoms with van der Waals surface area (Å²) in [6.45, 7) is 3.90. The Bertz CT molecular complexity index is 166. The molecule has 1 rings (SSSR count). The summed E-state index contributed by atoms with van der Waals surface area (Å²) in [7, 11) is 0. The molecular formula is C9H14O. The molecule has 0 aliphatic heterocycles. The molecule has 0 aromatic heterocycles. The zero-order chi connectivity index (χ0) is 7.56. The largest absolute Gasteiger partial charge is 0.393 e. The number of allylic oxidation sites excluding steroid dienone is 3. The normalized spacial score (nSPS) is 27.9. The van der Waals surface area contributed by atoms with E-state index < -0.39 is 0 Å². The fourth-order valence-electron chi connectivity index (χ4n) is 1.21. The summed E-state index contributed by atoms with van der Waals surface area (Å²) in [6.07, 6.45) is 7.12. The Hall–Kier alpha value is -0.560. The van der Waals surface area contributed by atoms with Gasteiger partial charge < -0.3 is 5.11 Å². The number of hydrogen-bond donors (Lipinski definition) is 1. The smallest absolute Gasteiger partial charge is 0.0577 e. The van der Waals surface area contributed by atoms with Crippen molar-refractivity contribution in [2.45, 2.75) is 26.4 Å². The Morgan fingerprint density at radius 3 is 2.80 bits per heavy atom. The Morgan fingerprint density at radius 1 is 1.70 bits per heavy atom. The summed E-state index contributed by atoms with van der Waals surface area (Å²) in [4.78, 5) is 0. The van der Waals surface area contributed by atoms with Gasteiger partial charge in [-0.3, -0.25) is 0 Å². The first-order chi connectivity index (χ1) is 4.70. The highest BCUT2D eigenvalue weighted by Gasteiger charge is 2.12. The van der Waals surface area contributed by atoms with Gasteiger partial charge in [-0.05, 0) is 20.3 Å². The molecule has 0 heterocycles. The van der Waals surface area contributed by atoms with E-state index in [1.807, 2.05) is 6.92 Å². The van der Waals surface area contributed by atoms with Crippen LogP contribution in [0.2, 0.25) is 0 Å². The highest BCUT2D eigenvalue weighted by atomic mass is 16.3. The van der Waals surface area contributed by atoms with E-state index in [9.17, 15) is 5.11 Å². The average Bonchev–Trinajstić information content (AvgIpc) is 1.88. The van der Waals surface area contributed by atoms with Crippen molar-refractivity contribution in [3.05, 3.63) is 23.8 Å². The molecule has 10 heavy (non-hydrogen) atoms. The minimum absolute atomic E-state index is 0.208. The molecule has 2 unspecified atom stereocenters. The Labute approximate surface area is 62.1 Å². The van der Waals surface area contributed by atoms with Crippen LogP contribution in [0.1, 0.15) is 20.3 Å². The number of aliphatic hydroxyl groups is 1. The molecule has 0 aromatic rings. The van der Waals surface area contributed by atoms with Gasteiger partial charge in [0.05, 0.1) is 6.10 Å². The SMILES string of the molecule is CC1=CC(C(C)O)CC=C1. The third-order valence-corrected chi connectivity index (χ3v) is 1.89. The highest BCUT2D eigenvalue weighted by Crippen LogP contribution is 2.18. The molecule has 0 bridgehead atoms. The second-order valence-electron chi connectivity index (χ2n) is 2.95. The molecule has 1 aliphatic carbocycles. The molecular weight excluding hydrogens is 124 g/mol. The fraction of sp³-hybridized carbons (Fsp3) is 0.556. The summed E-state index contributed by atoms with van der Waals surface area (Å²) < 4.78 is 0. The maximum Gasteiger partial charge on any atom is 0.0577 e. The van der Waals surface area contributed by atoms with E-state index in [1.54, 1.807) is 0 Å². The van der Waals surface area contributed by atoms with Crippen molar-refractivity contribution >= 4 is 0 Å². The van der Waals surface area contributed by atoms with E-state index in [-0.39, 0.29) is 6.10 Å². The van der Waals surface area contributed by atoms with Gasteiger partial charge in [0.1, 0.15) is 0 Å². The quantitative estimate of drug-likeness (QED) is 0.586. The molecule has 56 valence electrons. The lowest BCUT2D eigenvalue weighted by Gasteiger charge is -2.17. The van der Waals surface area contributed by atoms with Gasteiger partial charge in [0.15, 0.2) is 0 Å². The standard InChI is InChI=1S/C9H14O/c1-7-4-3-5-9(6-7)8(2)10/h3-4,6,8-10H,5H2,1-2H3. The third kappa shape index (κ3) is 1.71. The maximum atomic E-state index is 9.22. The minimum Gasteiger partial charge on any atom is -0.393 e. The van der Waals surface area contributed by atoms with E-state index in [4.69, 9.17) is 0 Å². The highest BCUT2D eigenvalue weighted by molar-refractivity contribution is 5.21. The minimum atomic E-state index is -0.208. The van der Waals surface area contributed by atoms with Gasteiger partial charge in [-0.25, -0.2) is 0 Å². The molecule has 0 amide bonds. The summed E-state index contributed by atoms with van der Waals surface area (Å²) >= 11 is 0. The van der Waals surface area contributed by atoms with Crippen LogP contribution in [0.15, 0.2) is 23.8 Å². The lowest BCUT2D eigenvalue weighted by molar-refractivity contribution is 0.149. The van der Waals surface area contributed by atoms with Gasteiger partial charge in [0.2, 0.25) is 0 Å². The molecule has 0 radical (unpaired) electrons. The molecule has 1 aliphatic rings. The topological polar surface area (TPSA) is 20.2 Å². The Kier molecular flexibility index (Phi) is 2.28. The van der Waals surface area contributed by atoms with Crippen LogP contribution in [0.25, 0.3) is 0 Å². The van der Waals surface area contributed by atoms with Crippen LogP contribution in [0, 0.1) is 5.92 Å². The molecule has 0 spiro atoms. The molecule has 0 fully saturated rings. The molecule has 0 saturated carbocycles. The van der Waals surface area contributed by atoms with Crippen molar-refractivity contribution in [1.82, 2.24) is 0 Å². The third-order valence-electron chi connectivity index (χ3n) is 1.89. The zero-order valence-corrected chi connectivity index (χ0v) is 6.54. The van der Waals surface area contributed by atoms with Gasteiger partial charge >= 0.3 is 0 Å². The summed E-state index contributed by atoms with van der Waals surface area (Å²) in [5, 5.41) is 9.22. The molecule has 0 saturated heterocycles. The van der Waals surface area contributed by atoms with E-state index in [0.717, 1.165) is 6.42 Å². The fourth-order valence-corrected chi connectivity index (χ4v) is 1.21. The average molecular weight is 138 g/mol. The van der Waals surface area contributed by atoms with Gasteiger partial charge in [-0.1, -0.05) is 23.8 Å². The van der Waals surface area contributed by atoms with Crippen molar-refractivity contribution in [3.8, 4) is 0 Å². The lowest BCUT2D eigenvalue weighted by atomic mass is 9.93.